The molecule has 3 heteroatoms. The maximum Gasteiger partial charge on any atom is 0.183 e. The molecule has 0 saturated carbocycles. The van der Waals surface area contributed by atoms with Gasteiger partial charge in [-0.2, -0.15) is 0 Å². The summed E-state index contributed by atoms with van der Waals surface area (Å²) >= 11 is 0. The van der Waals surface area contributed by atoms with E-state index in [9.17, 15) is 5.11 Å². The second-order valence-corrected chi connectivity index (χ2v) is 7.29. The molecule has 0 fully saturated rings. The predicted molar refractivity (Wildman–Crippen MR) is 106 cm³/mol. The van der Waals surface area contributed by atoms with Crippen LogP contribution in [0.25, 0.3) is 0 Å². The number of aliphatic hydroxyl groups is 1. The molecule has 0 aliphatic carbocycles. The highest BCUT2D eigenvalue weighted by Crippen LogP contribution is 2.23. The molecule has 2 unspecified atom stereocenters. The number of unbranched alkanes of at least 4 members (excludes halogenated alkanes) is 8. The number of hydrogen-bond donors (Lipinski definition) is 1. The minimum atomic E-state index is 0.266. The van der Waals surface area contributed by atoms with Gasteiger partial charge >= 0.3 is 0 Å². The topological polar surface area (TPSA) is 32.6 Å². The fraction of sp³-hybridized carbons (Fsp3) is 0.857. The molecule has 0 aromatic rings. The smallest absolute Gasteiger partial charge is 0.183 e. The van der Waals surface area contributed by atoms with Crippen molar-refractivity contribution in [2.45, 2.75) is 90.6 Å². The Balaban J connectivity index is 2.04. The molecule has 1 aliphatic heterocycles. The molecule has 0 aromatic heterocycles. The van der Waals surface area contributed by atoms with E-state index in [2.05, 4.69) is 37.2 Å². The Morgan fingerprint density at radius 2 is 1.67 bits per heavy atom. The average molecular weight is 338 g/mol. The molecule has 1 rings (SSSR count). The lowest BCUT2D eigenvalue weighted by Gasteiger charge is -2.37. The van der Waals surface area contributed by atoms with E-state index >= 15 is 0 Å². The van der Waals surface area contributed by atoms with Crippen molar-refractivity contribution in [1.29, 1.82) is 0 Å². The second kappa shape index (κ2) is 13.6. The van der Waals surface area contributed by atoms with Gasteiger partial charge in [-0.1, -0.05) is 64.0 Å². The van der Waals surface area contributed by atoms with E-state index in [1.807, 2.05) is 0 Å². The van der Waals surface area contributed by atoms with Crippen molar-refractivity contribution in [3.05, 3.63) is 12.2 Å². The van der Waals surface area contributed by atoms with Crippen LogP contribution >= 0.6 is 0 Å². The summed E-state index contributed by atoms with van der Waals surface area (Å²) in [7, 11) is 0. The van der Waals surface area contributed by atoms with Crippen LogP contribution in [0.5, 0.6) is 0 Å². The van der Waals surface area contributed by atoms with E-state index in [0.29, 0.717) is 6.17 Å². The Bertz CT molecular complexity index is 354. The number of likely N-dealkylation sites (N-methyl/N-ethyl adjacent to an activating group) is 1. The predicted octanol–water partition coefficient (Wildman–Crippen LogP) is 5.09. The Morgan fingerprint density at radius 3 is 2.33 bits per heavy atom. The maximum absolute atomic E-state index is 9.33. The molecule has 0 radical (unpaired) electrons. The van der Waals surface area contributed by atoms with Crippen LogP contribution in [0, 0.1) is 0 Å². The lowest BCUT2D eigenvalue weighted by Crippen LogP contribution is -2.53. The van der Waals surface area contributed by atoms with Crippen molar-refractivity contribution in [2.75, 3.05) is 26.2 Å². The third kappa shape index (κ3) is 7.94. The van der Waals surface area contributed by atoms with Crippen molar-refractivity contribution >= 4 is 6.21 Å². The van der Waals surface area contributed by atoms with Gasteiger partial charge in [0.1, 0.15) is 13.1 Å². The molecule has 1 aliphatic rings. The average Bonchev–Trinajstić information content (AvgIpc) is 2.99. The highest BCUT2D eigenvalue weighted by atomic mass is 16.3. The van der Waals surface area contributed by atoms with Gasteiger partial charge in [0.05, 0.1) is 19.4 Å². The monoisotopic (exact) mass is 337 g/mol. The molecular weight excluding hydrogens is 296 g/mol. The molecule has 24 heavy (non-hydrogen) atoms. The Kier molecular flexibility index (Phi) is 12.1. The van der Waals surface area contributed by atoms with Crippen LogP contribution < -0.4 is 0 Å². The summed E-state index contributed by atoms with van der Waals surface area (Å²) in [6.45, 7) is 7.65. The van der Waals surface area contributed by atoms with E-state index in [4.69, 9.17) is 0 Å². The molecule has 0 saturated heterocycles. The van der Waals surface area contributed by atoms with Gasteiger partial charge < -0.3 is 5.11 Å². The molecule has 1 N–H and O–H groups in total. The summed E-state index contributed by atoms with van der Waals surface area (Å²) in [5, 5.41) is 9.33. The summed E-state index contributed by atoms with van der Waals surface area (Å²) in [5.41, 5.74) is 0. The van der Waals surface area contributed by atoms with Crippen molar-refractivity contribution in [3.63, 3.8) is 0 Å². The van der Waals surface area contributed by atoms with E-state index < -0.39 is 0 Å². The van der Waals surface area contributed by atoms with Crippen molar-refractivity contribution in [3.8, 4) is 0 Å². The molecule has 2 atom stereocenters. The SMILES string of the molecule is CCCCCCCCCC/C=C/CCC1N=CC[N+]1(CC)CCO. The highest BCUT2D eigenvalue weighted by Gasteiger charge is 2.36. The second-order valence-electron chi connectivity index (χ2n) is 7.29. The zero-order chi connectivity index (χ0) is 17.5. The van der Waals surface area contributed by atoms with Crippen molar-refractivity contribution in [1.82, 2.24) is 0 Å². The molecule has 0 spiro atoms. The Hall–Kier alpha value is -0.670. The van der Waals surface area contributed by atoms with Crippen LogP contribution in [0.1, 0.15) is 84.5 Å². The third-order valence-corrected chi connectivity index (χ3v) is 5.51. The van der Waals surface area contributed by atoms with Gasteiger partial charge in [0.15, 0.2) is 6.17 Å². The molecule has 0 amide bonds. The minimum Gasteiger partial charge on any atom is -0.391 e. The van der Waals surface area contributed by atoms with Gasteiger partial charge in [0, 0.05) is 6.42 Å². The van der Waals surface area contributed by atoms with Gasteiger partial charge in [0.2, 0.25) is 0 Å². The van der Waals surface area contributed by atoms with Crippen LogP contribution in [-0.4, -0.2) is 48.2 Å². The maximum atomic E-state index is 9.33. The summed E-state index contributed by atoms with van der Waals surface area (Å²) in [5.74, 6) is 0. The summed E-state index contributed by atoms with van der Waals surface area (Å²) in [6, 6.07) is 0. The number of hydrogen-bond acceptors (Lipinski definition) is 2. The summed E-state index contributed by atoms with van der Waals surface area (Å²) in [4.78, 5) is 4.67. The lowest BCUT2D eigenvalue weighted by atomic mass is 10.1. The number of rotatable bonds is 15. The first-order valence-corrected chi connectivity index (χ1v) is 10.4. The van der Waals surface area contributed by atoms with E-state index in [1.165, 1.54) is 57.8 Å². The van der Waals surface area contributed by atoms with Crippen LogP contribution in [0.15, 0.2) is 17.1 Å². The largest absolute Gasteiger partial charge is 0.391 e. The zero-order valence-corrected chi connectivity index (χ0v) is 16.3. The quantitative estimate of drug-likeness (QED) is 0.252. The van der Waals surface area contributed by atoms with Crippen LogP contribution in [0.2, 0.25) is 0 Å². The number of allylic oxidation sites excluding steroid dienone is 2. The van der Waals surface area contributed by atoms with Crippen LogP contribution in [0.3, 0.4) is 0 Å². The zero-order valence-electron chi connectivity index (χ0n) is 16.3. The molecule has 0 bridgehead atoms. The standard InChI is InChI=1S/C21H41N2O/c1-3-5-6-7-8-9-10-11-12-13-14-15-16-21-22-17-18-23(21,4-2)19-20-24/h13-14,17,21,24H,3-12,15-16,18-20H2,1-2H3/q+1/b14-13+. The first kappa shape index (κ1) is 21.4. The van der Waals surface area contributed by atoms with Gasteiger partial charge in [-0.25, -0.2) is 4.99 Å². The molecular formula is C21H41N2O+. The first-order chi connectivity index (χ1) is 11.8. The first-order valence-electron chi connectivity index (χ1n) is 10.4. The molecule has 3 nitrogen and oxygen atoms in total. The highest BCUT2D eigenvalue weighted by molar-refractivity contribution is 5.60. The minimum absolute atomic E-state index is 0.266. The van der Waals surface area contributed by atoms with Gasteiger partial charge in [-0.3, -0.25) is 4.48 Å². The van der Waals surface area contributed by atoms with E-state index in [0.717, 1.165) is 37.0 Å². The van der Waals surface area contributed by atoms with Gasteiger partial charge in [-0.15, -0.1) is 0 Å². The van der Waals surface area contributed by atoms with Crippen molar-refractivity contribution in [2.24, 2.45) is 4.99 Å². The fourth-order valence-electron chi connectivity index (χ4n) is 3.76. The molecule has 0 aromatic carbocycles. The van der Waals surface area contributed by atoms with E-state index in [-0.39, 0.29) is 6.61 Å². The lowest BCUT2D eigenvalue weighted by molar-refractivity contribution is -0.936. The fourth-order valence-corrected chi connectivity index (χ4v) is 3.76. The summed E-state index contributed by atoms with van der Waals surface area (Å²) in [6.07, 6.45) is 21.7. The van der Waals surface area contributed by atoms with Gasteiger partial charge in [-0.05, 0) is 26.2 Å². The Labute approximate surface area is 150 Å². The number of aliphatic imine (C=N–C) groups is 1. The number of quaternary nitrogens is 1. The normalized spacial score (nSPS) is 23.5. The van der Waals surface area contributed by atoms with Crippen LogP contribution in [-0.2, 0) is 0 Å². The van der Waals surface area contributed by atoms with Crippen molar-refractivity contribution < 1.29 is 9.59 Å². The number of nitrogens with zero attached hydrogens (tertiary/aromatic N) is 2. The molecule has 140 valence electrons. The number of aliphatic hydroxyl groups excluding tert-OH is 1. The Morgan fingerprint density at radius 1 is 1.00 bits per heavy atom. The molecule has 1 heterocycles. The van der Waals surface area contributed by atoms with Crippen LogP contribution in [0.4, 0.5) is 0 Å². The third-order valence-electron chi connectivity index (χ3n) is 5.51. The summed E-state index contributed by atoms with van der Waals surface area (Å²) < 4.78 is 0.947. The van der Waals surface area contributed by atoms with Gasteiger partial charge in [0.25, 0.3) is 0 Å². The van der Waals surface area contributed by atoms with E-state index in [1.54, 1.807) is 0 Å².